The monoisotopic (exact) mass is 230 g/mol. The van der Waals surface area contributed by atoms with Crippen molar-refractivity contribution in [2.45, 2.75) is 57.6 Å². The van der Waals surface area contributed by atoms with E-state index >= 15 is 0 Å². The smallest absolute Gasteiger partial charge is 0.302 e. The summed E-state index contributed by atoms with van der Waals surface area (Å²) in [6.45, 7) is 10.3. The van der Waals surface area contributed by atoms with Gasteiger partial charge >= 0.3 is 5.97 Å². The van der Waals surface area contributed by atoms with Crippen LogP contribution in [0.25, 0.3) is 0 Å². The second-order valence-corrected chi connectivity index (χ2v) is 6.15. The van der Waals surface area contributed by atoms with Crippen LogP contribution in [0.2, 0.25) is 0 Å². The Labute approximate surface area is 97.1 Å². The lowest BCUT2D eigenvalue weighted by atomic mass is 9.92. The Morgan fingerprint density at radius 1 is 1.47 bits per heavy atom. The Hall–Kier alpha value is -0.180. The lowest BCUT2D eigenvalue weighted by molar-refractivity contribution is -0.148. The molecule has 1 fully saturated rings. The molecule has 2 nitrogen and oxygen atoms in total. The molecule has 0 aromatic heterocycles. The maximum absolute atomic E-state index is 11.1. The molecule has 0 amide bonds. The topological polar surface area (TPSA) is 26.3 Å². The predicted molar refractivity (Wildman–Crippen MR) is 65.0 cm³/mol. The lowest BCUT2D eigenvalue weighted by Crippen LogP contribution is -2.33. The van der Waals surface area contributed by atoms with Gasteiger partial charge < -0.3 is 4.74 Å². The highest BCUT2D eigenvalue weighted by Gasteiger charge is 2.43. The zero-order valence-electron chi connectivity index (χ0n) is 10.3. The number of carbonyl (C=O) groups is 1. The summed E-state index contributed by atoms with van der Waals surface area (Å²) in [6, 6.07) is 0. The Morgan fingerprint density at radius 2 is 2.07 bits per heavy atom. The van der Waals surface area contributed by atoms with Crippen LogP contribution in [0.1, 0.15) is 41.0 Å². The van der Waals surface area contributed by atoms with Crippen molar-refractivity contribution >= 4 is 17.7 Å². The van der Waals surface area contributed by atoms with E-state index in [-0.39, 0.29) is 12.1 Å². The van der Waals surface area contributed by atoms with Crippen molar-refractivity contribution < 1.29 is 9.53 Å². The highest BCUT2D eigenvalue weighted by Crippen LogP contribution is 2.44. The average Bonchev–Trinajstić information content (AvgIpc) is 2.43. The largest absolute Gasteiger partial charge is 0.461 e. The van der Waals surface area contributed by atoms with Crippen molar-refractivity contribution in [2.24, 2.45) is 11.8 Å². The second-order valence-electron chi connectivity index (χ2n) is 4.72. The molecule has 1 heterocycles. The van der Waals surface area contributed by atoms with Crippen LogP contribution in [0.4, 0.5) is 0 Å². The van der Waals surface area contributed by atoms with E-state index in [9.17, 15) is 4.79 Å². The van der Waals surface area contributed by atoms with Gasteiger partial charge in [0, 0.05) is 23.3 Å². The van der Waals surface area contributed by atoms with Gasteiger partial charge in [-0.3, -0.25) is 4.79 Å². The van der Waals surface area contributed by atoms with E-state index in [0.29, 0.717) is 22.3 Å². The summed E-state index contributed by atoms with van der Waals surface area (Å²) in [5, 5.41) is 1.11. The Morgan fingerprint density at radius 3 is 2.47 bits per heavy atom. The van der Waals surface area contributed by atoms with E-state index in [2.05, 4.69) is 27.7 Å². The van der Waals surface area contributed by atoms with Crippen LogP contribution >= 0.6 is 11.8 Å². The fourth-order valence-electron chi connectivity index (χ4n) is 2.28. The molecule has 0 aliphatic carbocycles. The SMILES string of the molecule is CC[C@@H]1S[C@H](C(C)C)C(OC(C)=O)C1C. The number of hydrogen-bond acceptors (Lipinski definition) is 3. The number of hydrogen-bond donors (Lipinski definition) is 0. The zero-order chi connectivity index (χ0) is 11.6. The third kappa shape index (κ3) is 2.90. The molecule has 15 heavy (non-hydrogen) atoms. The molecule has 4 atom stereocenters. The molecule has 0 spiro atoms. The van der Waals surface area contributed by atoms with Gasteiger partial charge in [-0.15, -0.1) is 0 Å². The molecule has 0 aromatic rings. The summed E-state index contributed by atoms with van der Waals surface area (Å²) in [5.74, 6) is 0.907. The lowest BCUT2D eigenvalue weighted by Gasteiger charge is -2.24. The van der Waals surface area contributed by atoms with Crippen molar-refractivity contribution in [3.63, 3.8) is 0 Å². The van der Waals surface area contributed by atoms with E-state index in [1.807, 2.05) is 11.8 Å². The normalized spacial score (nSPS) is 35.9. The zero-order valence-corrected chi connectivity index (χ0v) is 11.1. The van der Waals surface area contributed by atoms with E-state index in [1.165, 1.54) is 6.92 Å². The van der Waals surface area contributed by atoms with Crippen LogP contribution in [0, 0.1) is 11.8 Å². The standard InChI is InChI=1S/C12H22O2S/c1-6-10-8(4)11(14-9(5)13)12(15-10)7(2)3/h7-8,10-12H,6H2,1-5H3/t8?,10-,11?,12+/m0/s1. The minimum Gasteiger partial charge on any atom is -0.461 e. The van der Waals surface area contributed by atoms with Gasteiger partial charge in [-0.05, 0) is 12.3 Å². The fraction of sp³-hybridized carbons (Fsp3) is 0.917. The third-order valence-corrected chi connectivity index (χ3v) is 5.36. The Bertz CT molecular complexity index is 228. The van der Waals surface area contributed by atoms with E-state index < -0.39 is 0 Å². The fourth-order valence-corrected chi connectivity index (χ4v) is 4.06. The number of esters is 1. The minimum absolute atomic E-state index is 0.109. The van der Waals surface area contributed by atoms with Crippen molar-refractivity contribution in [2.75, 3.05) is 0 Å². The summed E-state index contributed by atoms with van der Waals surface area (Å²) in [5.41, 5.74) is 0. The summed E-state index contributed by atoms with van der Waals surface area (Å²) in [4.78, 5) is 11.1. The van der Waals surface area contributed by atoms with Crippen molar-refractivity contribution in [3.05, 3.63) is 0 Å². The van der Waals surface area contributed by atoms with E-state index in [1.54, 1.807) is 0 Å². The van der Waals surface area contributed by atoms with Gasteiger partial charge in [0.25, 0.3) is 0 Å². The number of ether oxygens (including phenoxy) is 1. The highest BCUT2D eigenvalue weighted by atomic mass is 32.2. The molecule has 88 valence electrons. The van der Waals surface area contributed by atoms with Crippen LogP contribution in [0.5, 0.6) is 0 Å². The minimum atomic E-state index is -0.144. The average molecular weight is 230 g/mol. The molecule has 2 unspecified atom stereocenters. The van der Waals surface area contributed by atoms with Gasteiger partial charge in [0.05, 0.1) is 0 Å². The number of rotatable bonds is 3. The molecular formula is C12H22O2S. The Kier molecular flexibility index (Phi) is 4.50. The third-order valence-electron chi connectivity index (χ3n) is 3.12. The molecule has 1 rings (SSSR count). The summed E-state index contributed by atoms with van der Waals surface area (Å²) < 4.78 is 5.47. The number of thioether (sulfide) groups is 1. The molecule has 0 bridgehead atoms. The summed E-state index contributed by atoms with van der Waals surface area (Å²) in [7, 11) is 0. The first-order chi connectivity index (χ1) is 6.97. The highest BCUT2D eigenvalue weighted by molar-refractivity contribution is 8.00. The summed E-state index contributed by atoms with van der Waals surface area (Å²) >= 11 is 2.00. The molecule has 0 saturated carbocycles. The summed E-state index contributed by atoms with van der Waals surface area (Å²) in [6.07, 6.45) is 1.27. The maximum atomic E-state index is 11.1. The van der Waals surface area contributed by atoms with Gasteiger partial charge in [-0.2, -0.15) is 11.8 Å². The van der Waals surface area contributed by atoms with E-state index in [4.69, 9.17) is 4.74 Å². The van der Waals surface area contributed by atoms with Gasteiger partial charge in [-0.25, -0.2) is 0 Å². The first kappa shape index (κ1) is 12.9. The van der Waals surface area contributed by atoms with Crippen molar-refractivity contribution in [1.29, 1.82) is 0 Å². The van der Waals surface area contributed by atoms with Crippen LogP contribution < -0.4 is 0 Å². The van der Waals surface area contributed by atoms with Crippen LogP contribution in [-0.2, 0) is 9.53 Å². The molecule has 1 saturated heterocycles. The molecule has 3 heteroatoms. The predicted octanol–water partition coefficient (Wildman–Crippen LogP) is 3.10. The molecule has 1 aliphatic heterocycles. The second kappa shape index (κ2) is 5.24. The van der Waals surface area contributed by atoms with E-state index in [0.717, 1.165) is 6.42 Å². The van der Waals surface area contributed by atoms with Gasteiger partial charge in [-0.1, -0.05) is 27.7 Å². The molecule has 0 N–H and O–H groups in total. The molecule has 0 radical (unpaired) electrons. The number of carbonyl (C=O) groups excluding carboxylic acids is 1. The van der Waals surface area contributed by atoms with Crippen LogP contribution in [-0.4, -0.2) is 22.6 Å². The molecular weight excluding hydrogens is 208 g/mol. The van der Waals surface area contributed by atoms with Crippen molar-refractivity contribution in [3.8, 4) is 0 Å². The van der Waals surface area contributed by atoms with Crippen LogP contribution in [0.3, 0.4) is 0 Å². The van der Waals surface area contributed by atoms with Crippen LogP contribution in [0.15, 0.2) is 0 Å². The van der Waals surface area contributed by atoms with Gasteiger partial charge in [0.1, 0.15) is 6.10 Å². The molecule has 0 aromatic carbocycles. The molecule has 1 aliphatic rings. The van der Waals surface area contributed by atoms with Gasteiger partial charge in [0.15, 0.2) is 0 Å². The van der Waals surface area contributed by atoms with Gasteiger partial charge in [0.2, 0.25) is 0 Å². The quantitative estimate of drug-likeness (QED) is 0.697. The Balaban J connectivity index is 2.74. The first-order valence-corrected chi connectivity index (χ1v) is 6.74. The van der Waals surface area contributed by atoms with Crippen molar-refractivity contribution in [1.82, 2.24) is 0 Å². The maximum Gasteiger partial charge on any atom is 0.302 e. The first-order valence-electron chi connectivity index (χ1n) is 5.80.